The van der Waals surface area contributed by atoms with Gasteiger partial charge in [-0.15, -0.1) is 0 Å². The van der Waals surface area contributed by atoms with E-state index in [0.29, 0.717) is 11.6 Å². The number of hydrogen-bond acceptors (Lipinski definition) is 4. The molecule has 1 saturated heterocycles. The Balaban J connectivity index is 1.52. The van der Waals surface area contributed by atoms with Gasteiger partial charge >= 0.3 is 0 Å². The predicted octanol–water partition coefficient (Wildman–Crippen LogP) is 2.40. The number of hydrogen-bond donors (Lipinski definition) is 2. The number of carbonyl (C=O) groups is 1. The number of piperidine rings is 1. The highest BCUT2D eigenvalue weighted by Gasteiger charge is 2.50. The molecule has 6 nitrogen and oxygen atoms in total. The lowest BCUT2D eigenvalue weighted by molar-refractivity contribution is -0.123. The van der Waals surface area contributed by atoms with E-state index in [4.69, 9.17) is 16.7 Å². The van der Waals surface area contributed by atoms with Gasteiger partial charge in [0.1, 0.15) is 0 Å². The third-order valence-electron chi connectivity index (χ3n) is 5.67. The molecule has 2 N–H and O–H groups in total. The van der Waals surface area contributed by atoms with Crippen LogP contribution < -0.4 is 5.32 Å². The molecule has 0 aliphatic carbocycles. The van der Waals surface area contributed by atoms with Gasteiger partial charge in [0.05, 0.1) is 24.8 Å². The Morgan fingerprint density at radius 3 is 3.08 bits per heavy atom. The first-order chi connectivity index (χ1) is 12.5. The molecule has 2 aliphatic heterocycles. The number of nitrogens with zero attached hydrogens (tertiary/aromatic N) is 3. The number of benzene rings is 1. The van der Waals surface area contributed by atoms with Crippen LogP contribution in [-0.2, 0) is 23.3 Å². The first-order valence-electron chi connectivity index (χ1n) is 8.99. The molecule has 0 radical (unpaired) electrons. The quantitative estimate of drug-likeness (QED) is 0.862. The summed E-state index contributed by atoms with van der Waals surface area (Å²) in [5.41, 5.74) is 2.58. The SMILES string of the molecule is C[C@H]1C[C@@]2(CCN1Cc1cnn(CCO)c1)C(=O)Nc1ccc(Cl)cc12. The van der Waals surface area contributed by atoms with Crippen LogP contribution >= 0.6 is 11.6 Å². The third-order valence-corrected chi connectivity index (χ3v) is 5.91. The van der Waals surface area contributed by atoms with E-state index >= 15 is 0 Å². The lowest BCUT2D eigenvalue weighted by Crippen LogP contribution is -2.50. The second kappa shape index (κ2) is 6.68. The van der Waals surface area contributed by atoms with Crippen molar-refractivity contribution in [2.24, 2.45) is 0 Å². The second-order valence-corrected chi connectivity index (χ2v) is 7.77. The van der Waals surface area contributed by atoms with Gasteiger partial charge in [-0.3, -0.25) is 14.4 Å². The molecule has 1 amide bonds. The van der Waals surface area contributed by atoms with Crippen molar-refractivity contribution >= 4 is 23.2 Å². The van der Waals surface area contributed by atoms with Crippen molar-refractivity contribution in [1.82, 2.24) is 14.7 Å². The summed E-state index contributed by atoms with van der Waals surface area (Å²) in [7, 11) is 0. The van der Waals surface area contributed by atoms with Crippen molar-refractivity contribution in [3.05, 3.63) is 46.7 Å². The summed E-state index contributed by atoms with van der Waals surface area (Å²) in [5, 5.41) is 17.0. The molecule has 0 unspecified atom stereocenters. The van der Waals surface area contributed by atoms with Gasteiger partial charge in [0, 0.05) is 41.6 Å². The number of aliphatic hydroxyl groups is 1. The van der Waals surface area contributed by atoms with Crippen LogP contribution in [-0.4, -0.2) is 44.9 Å². The average Bonchev–Trinajstić information content (AvgIpc) is 3.15. The first kappa shape index (κ1) is 17.5. The lowest BCUT2D eigenvalue weighted by Gasteiger charge is -2.42. The lowest BCUT2D eigenvalue weighted by atomic mass is 9.71. The zero-order valence-electron chi connectivity index (χ0n) is 14.8. The molecule has 3 heterocycles. The van der Waals surface area contributed by atoms with Crippen LogP contribution in [0, 0.1) is 0 Å². The Morgan fingerprint density at radius 2 is 2.31 bits per heavy atom. The normalized spacial score (nSPS) is 25.5. The zero-order chi connectivity index (χ0) is 18.3. The van der Waals surface area contributed by atoms with Crippen LogP contribution in [0.2, 0.25) is 5.02 Å². The van der Waals surface area contributed by atoms with Crippen molar-refractivity contribution in [2.45, 2.75) is 44.3 Å². The fourth-order valence-electron chi connectivity index (χ4n) is 4.31. The molecule has 1 aromatic heterocycles. The second-order valence-electron chi connectivity index (χ2n) is 7.34. The van der Waals surface area contributed by atoms with E-state index < -0.39 is 5.41 Å². The van der Waals surface area contributed by atoms with Gasteiger partial charge in [-0.05, 0) is 43.5 Å². The van der Waals surface area contributed by atoms with Gasteiger partial charge in [0.15, 0.2) is 0 Å². The minimum Gasteiger partial charge on any atom is -0.394 e. The number of aliphatic hydroxyl groups excluding tert-OH is 1. The number of anilines is 1. The molecule has 2 atom stereocenters. The predicted molar refractivity (Wildman–Crippen MR) is 100 cm³/mol. The fourth-order valence-corrected chi connectivity index (χ4v) is 4.48. The molecule has 0 bridgehead atoms. The Morgan fingerprint density at radius 1 is 1.46 bits per heavy atom. The molecule has 138 valence electrons. The van der Waals surface area contributed by atoms with E-state index in [0.717, 1.165) is 42.7 Å². The molecule has 4 rings (SSSR count). The summed E-state index contributed by atoms with van der Waals surface area (Å²) in [5.74, 6) is 0.0945. The number of likely N-dealkylation sites (tertiary alicyclic amines) is 1. The molecule has 1 aromatic carbocycles. The minimum absolute atomic E-state index is 0.0842. The molecular weight excluding hydrogens is 352 g/mol. The van der Waals surface area contributed by atoms with Crippen LogP contribution in [0.15, 0.2) is 30.6 Å². The fraction of sp³-hybridized carbons (Fsp3) is 0.474. The van der Waals surface area contributed by atoms with Crippen molar-refractivity contribution in [3.8, 4) is 0 Å². The first-order valence-corrected chi connectivity index (χ1v) is 9.37. The summed E-state index contributed by atoms with van der Waals surface area (Å²) in [6.07, 6.45) is 5.38. The van der Waals surface area contributed by atoms with E-state index in [1.807, 2.05) is 30.6 Å². The van der Waals surface area contributed by atoms with Gasteiger partial charge < -0.3 is 10.4 Å². The van der Waals surface area contributed by atoms with Crippen LogP contribution in [0.5, 0.6) is 0 Å². The van der Waals surface area contributed by atoms with Gasteiger partial charge in [-0.25, -0.2) is 0 Å². The zero-order valence-corrected chi connectivity index (χ0v) is 15.5. The topological polar surface area (TPSA) is 70.4 Å². The highest BCUT2D eigenvalue weighted by Crippen LogP contribution is 2.47. The number of fused-ring (bicyclic) bond motifs is 2. The number of amides is 1. The summed E-state index contributed by atoms with van der Waals surface area (Å²) in [6, 6.07) is 5.93. The maximum Gasteiger partial charge on any atom is 0.235 e. The van der Waals surface area contributed by atoms with Crippen LogP contribution in [0.1, 0.15) is 30.9 Å². The Hall–Kier alpha value is -1.89. The van der Waals surface area contributed by atoms with Crippen molar-refractivity contribution < 1.29 is 9.90 Å². The maximum atomic E-state index is 12.8. The molecule has 1 spiro atoms. The maximum absolute atomic E-state index is 12.8. The highest BCUT2D eigenvalue weighted by molar-refractivity contribution is 6.31. The van der Waals surface area contributed by atoms with Crippen molar-refractivity contribution in [1.29, 1.82) is 0 Å². The summed E-state index contributed by atoms with van der Waals surface area (Å²) in [4.78, 5) is 15.2. The van der Waals surface area contributed by atoms with Crippen molar-refractivity contribution in [3.63, 3.8) is 0 Å². The molecule has 0 saturated carbocycles. The Kier molecular flexibility index (Phi) is 4.50. The Labute approximate surface area is 157 Å². The number of rotatable bonds is 4. The average molecular weight is 375 g/mol. The summed E-state index contributed by atoms with van der Waals surface area (Å²) >= 11 is 6.20. The molecular formula is C19H23ClN4O2. The number of carbonyl (C=O) groups excluding carboxylic acids is 1. The monoisotopic (exact) mass is 374 g/mol. The van der Waals surface area contributed by atoms with Crippen molar-refractivity contribution in [2.75, 3.05) is 18.5 Å². The van der Waals surface area contributed by atoms with Crippen LogP contribution in [0.3, 0.4) is 0 Å². The van der Waals surface area contributed by atoms with E-state index in [1.54, 1.807) is 4.68 Å². The molecule has 2 aromatic rings. The van der Waals surface area contributed by atoms with Gasteiger partial charge in [0.25, 0.3) is 0 Å². The number of halogens is 1. The smallest absolute Gasteiger partial charge is 0.235 e. The molecule has 26 heavy (non-hydrogen) atoms. The van der Waals surface area contributed by atoms with E-state index in [-0.39, 0.29) is 18.6 Å². The molecule has 1 fully saturated rings. The minimum atomic E-state index is -0.475. The largest absolute Gasteiger partial charge is 0.394 e. The summed E-state index contributed by atoms with van der Waals surface area (Å²) in [6.45, 7) is 4.41. The van der Waals surface area contributed by atoms with E-state index in [9.17, 15) is 4.79 Å². The van der Waals surface area contributed by atoms with Gasteiger partial charge in [-0.1, -0.05) is 11.6 Å². The Bertz CT molecular complexity index is 837. The molecule has 2 aliphatic rings. The van der Waals surface area contributed by atoms with E-state index in [2.05, 4.69) is 22.2 Å². The number of nitrogens with one attached hydrogen (secondary N) is 1. The number of aromatic nitrogens is 2. The highest BCUT2D eigenvalue weighted by atomic mass is 35.5. The van der Waals surface area contributed by atoms with Crippen LogP contribution in [0.4, 0.5) is 5.69 Å². The molecule has 7 heteroatoms. The van der Waals surface area contributed by atoms with E-state index in [1.165, 1.54) is 0 Å². The third kappa shape index (κ3) is 2.92. The van der Waals surface area contributed by atoms with Gasteiger partial charge in [-0.2, -0.15) is 5.10 Å². The van der Waals surface area contributed by atoms with Crippen LogP contribution in [0.25, 0.3) is 0 Å². The standard InChI is InChI=1S/C19H23ClN4O2/c1-13-9-19(16-8-15(20)2-3-17(16)22-18(19)26)4-5-23(13)11-14-10-21-24(12-14)6-7-25/h2-3,8,10,12-13,25H,4-7,9,11H2,1H3,(H,22,26)/t13-,19+/m0/s1. The van der Waals surface area contributed by atoms with Gasteiger partial charge in [0.2, 0.25) is 5.91 Å². The summed E-state index contributed by atoms with van der Waals surface area (Å²) < 4.78 is 1.76.